The van der Waals surface area contributed by atoms with Crippen molar-refractivity contribution >= 4 is 17.6 Å². The topological polar surface area (TPSA) is 85.3 Å². The van der Waals surface area contributed by atoms with E-state index in [0.29, 0.717) is 11.3 Å². The van der Waals surface area contributed by atoms with Gasteiger partial charge in [-0.2, -0.15) is 0 Å². The van der Waals surface area contributed by atoms with Crippen LogP contribution in [0.1, 0.15) is 5.56 Å². The summed E-state index contributed by atoms with van der Waals surface area (Å²) in [6.07, 6.45) is 0. The van der Waals surface area contributed by atoms with Crippen molar-refractivity contribution in [3.05, 3.63) is 34.8 Å². The van der Waals surface area contributed by atoms with Gasteiger partial charge in [-0.1, -0.05) is 0 Å². The maximum absolute atomic E-state index is 13.4. The number of hydrogen-bond acceptors (Lipinski definition) is 7. The van der Waals surface area contributed by atoms with E-state index in [1.54, 1.807) is 6.92 Å². The lowest BCUT2D eigenvalue weighted by atomic mass is 10.1. The van der Waals surface area contributed by atoms with Gasteiger partial charge in [-0.15, -0.1) is 0 Å². The molecule has 0 bridgehead atoms. The van der Waals surface area contributed by atoms with Crippen molar-refractivity contribution in [2.45, 2.75) is 6.92 Å². The maximum atomic E-state index is 13.4. The molecule has 0 aliphatic carbocycles. The number of nitrogens with zero attached hydrogens (tertiary/aromatic N) is 1. The zero-order valence-electron chi connectivity index (χ0n) is 12.9. The molecule has 1 aliphatic heterocycles. The van der Waals surface area contributed by atoms with E-state index in [1.807, 2.05) is 0 Å². The Hall–Kier alpha value is -2.61. The number of phenols is 1. The van der Waals surface area contributed by atoms with Crippen LogP contribution in [0.25, 0.3) is 0 Å². The molecule has 0 saturated heterocycles. The van der Waals surface area contributed by atoms with Gasteiger partial charge in [-0.05, 0) is 18.6 Å². The Morgan fingerprint density at radius 2 is 1.91 bits per heavy atom. The van der Waals surface area contributed by atoms with Crippen LogP contribution < -0.4 is 4.90 Å². The van der Waals surface area contributed by atoms with Gasteiger partial charge in [0.2, 0.25) is 0 Å². The molecule has 0 amide bonds. The Labute approximate surface area is 131 Å². The molecule has 1 N–H and O–H groups in total. The van der Waals surface area contributed by atoms with Crippen LogP contribution in [-0.2, 0) is 23.8 Å². The van der Waals surface area contributed by atoms with Gasteiger partial charge in [0.1, 0.15) is 12.4 Å². The van der Waals surface area contributed by atoms with Gasteiger partial charge < -0.3 is 24.2 Å². The fourth-order valence-electron chi connectivity index (χ4n) is 2.27. The molecule has 124 valence electrons. The lowest BCUT2D eigenvalue weighted by molar-refractivity contribution is -0.140. The van der Waals surface area contributed by atoms with Crippen molar-refractivity contribution in [1.82, 2.24) is 0 Å². The number of aromatic hydroxyl groups is 1. The van der Waals surface area contributed by atoms with Crippen molar-refractivity contribution in [2.24, 2.45) is 0 Å². The third-order valence-corrected chi connectivity index (χ3v) is 3.39. The first-order valence-electron chi connectivity index (χ1n) is 6.64. The van der Waals surface area contributed by atoms with E-state index in [-0.39, 0.29) is 24.6 Å². The average Bonchev–Trinajstić information content (AvgIpc) is 2.56. The largest absolute Gasteiger partial charge is 0.505 e. The molecule has 23 heavy (non-hydrogen) atoms. The van der Waals surface area contributed by atoms with Gasteiger partial charge in [0.05, 0.1) is 32.1 Å². The molecule has 0 unspecified atom stereocenters. The first-order valence-corrected chi connectivity index (χ1v) is 6.64. The zero-order chi connectivity index (χ0) is 17.1. The van der Waals surface area contributed by atoms with Crippen molar-refractivity contribution < 1.29 is 33.3 Å². The summed E-state index contributed by atoms with van der Waals surface area (Å²) in [5.41, 5.74) is 0.662. The number of carbonyl (C=O) groups excluding carboxylic acids is 2. The first-order chi connectivity index (χ1) is 10.9. The molecule has 0 saturated carbocycles. The molecule has 1 aromatic carbocycles. The van der Waals surface area contributed by atoms with E-state index in [9.17, 15) is 19.1 Å². The van der Waals surface area contributed by atoms with Crippen LogP contribution in [0.4, 0.5) is 10.1 Å². The van der Waals surface area contributed by atoms with Crippen LogP contribution in [0.5, 0.6) is 5.75 Å². The summed E-state index contributed by atoms with van der Waals surface area (Å²) in [5.74, 6) is -2.88. The average molecular weight is 325 g/mol. The number of methoxy groups -OCH3 is 2. The fraction of sp³-hybridized carbons (Fsp3) is 0.333. The number of esters is 2. The summed E-state index contributed by atoms with van der Waals surface area (Å²) < 4.78 is 28.1. The minimum absolute atomic E-state index is 0.0196. The Morgan fingerprint density at radius 3 is 2.52 bits per heavy atom. The van der Waals surface area contributed by atoms with Gasteiger partial charge in [-0.3, -0.25) is 0 Å². The van der Waals surface area contributed by atoms with Crippen molar-refractivity contribution in [3.63, 3.8) is 0 Å². The van der Waals surface area contributed by atoms with E-state index in [1.165, 1.54) is 19.1 Å². The monoisotopic (exact) mass is 325 g/mol. The molecule has 0 fully saturated rings. The minimum Gasteiger partial charge on any atom is -0.505 e. The Morgan fingerprint density at radius 1 is 1.26 bits per heavy atom. The Balaban J connectivity index is 2.62. The standard InChI is InChI=1S/C15H16FNO6/c1-8-4-10(16)12(18)5-11(8)17-7-23-6-9(14(19)21-2)13(17)15(20)22-3/h4-5,18H,6-7H2,1-3H3. The van der Waals surface area contributed by atoms with Crippen LogP contribution >= 0.6 is 0 Å². The van der Waals surface area contributed by atoms with Crippen molar-refractivity contribution in [1.29, 1.82) is 0 Å². The second kappa shape index (κ2) is 6.66. The predicted octanol–water partition coefficient (Wildman–Crippen LogP) is 1.23. The number of carbonyl (C=O) groups is 2. The van der Waals surface area contributed by atoms with Gasteiger partial charge in [-0.25, -0.2) is 14.0 Å². The number of benzene rings is 1. The molecule has 0 atom stereocenters. The molecule has 1 heterocycles. The minimum atomic E-state index is -0.791. The predicted molar refractivity (Wildman–Crippen MR) is 77.2 cm³/mol. The molecule has 1 aromatic rings. The lowest BCUT2D eigenvalue weighted by Gasteiger charge is -2.32. The van der Waals surface area contributed by atoms with E-state index >= 15 is 0 Å². The number of halogens is 1. The number of anilines is 1. The number of rotatable bonds is 3. The summed E-state index contributed by atoms with van der Waals surface area (Å²) in [6, 6.07) is 2.27. The van der Waals surface area contributed by atoms with Gasteiger partial charge in [0.15, 0.2) is 11.6 Å². The first kappa shape index (κ1) is 16.8. The van der Waals surface area contributed by atoms with Gasteiger partial charge in [0.25, 0.3) is 0 Å². The van der Waals surface area contributed by atoms with E-state index in [4.69, 9.17) is 9.47 Å². The van der Waals surface area contributed by atoms with Crippen LogP contribution in [0.3, 0.4) is 0 Å². The molecule has 1 aliphatic rings. The number of ether oxygens (including phenoxy) is 3. The molecule has 0 aromatic heterocycles. The second-order valence-electron chi connectivity index (χ2n) is 4.81. The fourth-order valence-corrected chi connectivity index (χ4v) is 2.27. The smallest absolute Gasteiger partial charge is 0.355 e. The van der Waals surface area contributed by atoms with E-state index < -0.39 is 23.5 Å². The van der Waals surface area contributed by atoms with E-state index in [2.05, 4.69) is 4.74 Å². The Kier molecular flexibility index (Phi) is 4.85. The van der Waals surface area contributed by atoms with Crippen LogP contribution in [-0.4, -0.2) is 44.6 Å². The quantitative estimate of drug-likeness (QED) is 0.837. The van der Waals surface area contributed by atoms with Gasteiger partial charge >= 0.3 is 11.9 Å². The van der Waals surface area contributed by atoms with Crippen LogP contribution in [0.15, 0.2) is 23.4 Å². The highest BCUT2D eigenvalue weighted by molar-refractivity contribution is 6.03. The Bertz CT molecular complexity index is 685. The normalized spacial score (nSPS) is 14.7. The summed E-state index contributed by atoms with van der Waals surface area (Å²) in [7, 11) is 2.35. The SMILES string of the molecule is COC(=O)C1=C(C(=O)OC)N(c2cc(O)c(F)cc2C)COC1. The molecule has 2 rings (SSSR count). The highest BCUT2D eigenvalue weighted by atomic mass is 19.1. The van der Waals surface area contributed by atoms with Gasteiger partial charge in [0, 0.05) is 6.07 Å². The summed E-state index contributed by atoms with van der Waals surface area (Å²) >= 11 is 0. The molecule has 8 heteroatoms. The summed E-state index contributed by atoms with van der Waals surface area (Å²) in [5, 5.41) is 9.59. The molecular formula is C15H16FNO6. The van der Waals surface area contributed by atoms with Crippen molar-refractivity contribution in [2.75, 3.05) is 32.5 Å². The molecule has 0 spiro atoms. The third kappa shape index (κ3) is 3.11. The summed E-state index contributed by atoms with van der Waals surface area (Å²) in [4.78, 5) is 25.3. The maximum Gasteiger partial charge on any atom is 0.355 e. The number of phenolic OH excluding ortho intramolecular Hbond substituents is 1. The van der Waals surface area contributed by atoms with E-state index in [0.717, 1.165) is 12.1 Å². The number of hydrogen-bond donors (Lipinski definition) is 1. The number of aryl methyl sites for hydroxylation is 1. The molecule has 7 nitrogen and oxygen atoms in total. The highest BCUT2D eigenvalue weighted by Gasteiger charge is 2.33. The molecular weight excluding hydrogens is 309 g/mol. The second-order valence-corrected chi connectivity index (χ2v) is 4.81. The van der Waals surface area contributed by atoms with Crippen molar-refractivity contribution in [3.8, 4) is 5.75 Å². The van der Waals surface area contributed by atoms with Crippen LogP contribution in [0.2, 0.25) is 0 Å². The highest BCUT2D eigenvalue weighted by Crippen LogP contribution is 2.33. The summed E-state index contributed by atoms with van der Waals surface area (Å²) in [6.45, 7) is 1.40. The zero-order valence-corrected chi connectivity index (χ0v) is 12.9. The third-order valence-electron chi connectivity index (χ3n) is 3.39. The molecule has 0 radical (unpaired) electrons. The van der Waals surface area contributed by atoms with Crippen LogP contribution in [0, 0.1) is 12.7 Å². The lowest BCUT2D eigenvalue weighted by Crippen LogP contribution is -2.39.